The van der Waals surface area contributed by atoms with Crippen LogP contribution in [0.3, 0.4) is 0 Å². The molecule has 0 aliphatic rings. The molecular formula is C14H24ClNO2. The van der Waals surface area contributed by atoms with Crippen LogP contribution in [0.1, 0.15) is 11.6 Å². The van der Waals surface area contributed by atoms with Crippen LogP contribution < -0.4 is 12.4 Å². The Bertz CT molecular complexity index is 307. The molecule has 0 bridgehead atoms. The van der Waals surface area contributed by atoms with Gasteiger partial charge in [-0.05, 0) is 6.08 Å². The summed E-state index contributed by atoms with van der Waals surface area (Å²) >= 11 is 0. The molecule has 104 valence electrons. The highest BCUT2D eigenvalue weighted by Crippen LogP contribution is 2.23. The summed E-state index contributed by atoms with van der Waals surface area (Å²) in [6.07, 6.45) is 2.01. The number of benzene rings is 1. The predicted octanol–water partition coefficient (Wildman–Crippen LogP) is -1.41. The summed E-state index contributed by atoms with van der Waals surface area (Å²) in [4.78, 5) is 0. The van der Waals surface area contributed by atoms with Gasteiger partial charge in [0.25, 0.3) is 0 Å². The average Bonchev–Trinajstić information content (AvgIpc) is 2.30. The monoisotopic (exact) mass is 273 g/mol. The van der Waals surface area contributed by atoms with E-state index in [0.717, 1.165) is 4.48 Å². The van der Waals surface area contributed by atoms with Crippen LogP contribution in [0.25, 0.3) is 0 Å². The minimum atomic E-state index is -0.125. The molecule has 0 amide bonds. The van der Waals surface area contributed by atoms with Crippen molar-refractivity contribution in [3.63, 3.8) is 0 Å². The van der Waals surface area contributed by atoms with Gasteiger partial charge in [-0.2, -0.15) is 0 Å². The Morgan fingerprint density at radius 1 is 1.11 bits per heavy atom. The first-order valence-electron chi connectivity index (χ1n) is 5.67. The number of likely N-dealkylation sites (N-methyl/N-ethyl adjacent to an activating group) is 1. The van der Waals surface area contributed by atoms with Crippen molar-refractivity contribution >= 4 is 0 Å². The van der Waals surface area contributed by atoms with Crippen LogP contribution >= 0.6 is 0 Å². The van der Waals surface area contributed by atoms with Crippen LogP contribution in [0.2, 0.25) is 0 Å². The molecule has 1 unspecified atom stereocenters. The molecule has 0 saturated carbocycles. The molecule has 0 spiro atoms. The largest absolute Gasteiger partial charge is 1.00 e. The van der Waals surface area contributed by atoms with Gasteiger partial charge in [-0.15, -0.1) is 0 Å². The molecular weight excluding hydrogens is 250 g/mol. The molecule has 0 heterocycles. The number of aliphatic hydroxyl groups excluding tert-OH is 2. The Hall–Kier alpha value is -0.870. The molecule has 2 N–H and O–H groups in total. The minimum absolute atomic E-state index is 0. The quantitative estimate of drug-likeness (QED) is 0.523. The van der Waals surface area contributed by atoms with Gasteiger partial charge in [0, 0.05) is 5.56 Å². The lowest BCUT2D eigenvalue weighted by Crippen LogP contribution is -3.00. The molecule has 1 aromatic carbocycles. The standard InChI is InChI=1S/C12H18N.C2H6O2.ClH/c1-5-12(13(2,3)4)11-9-7-6-8-10-11;3-1-2-4;/h5-10,12H,1H2,2-4H3;3-4H,1-2H2;1H/q+1;;/p-1. The van der Waals surface area contributed by atoms with Crippen LogP contribution in [-0.2, 0) is 0 Å². The maximum Gasteiger partial charge on any atom is 0.133 e. The normalized spacial score (nSPS) is 11.6. The topological polar surface area (TPSA) is 40.5 Å². The fourth-order valence-electron chi connectivity index (χ4n) is 1.55. The number of nitrogens with zero attached hydrogens (tertiary/aromatic N) is 1. The van der Waals surface area contributed by atoms with Crippen LogP contribution in [0.4, 0.5) is 0 Å². The number of aliphatic hydroxyl groups is 2. The van der Waals surface area contributed by atoms with Crippen molar-refractivity contribution in [2.24, 2.45) is 0 Å². The minimum Gasteiger partial charge on any atom is -1.00 e. The number of halogens is 1. The molecule has 0 aliphatic heterocycles. The molecule has 0 aromatic heterocycles. The van der Waals surface area contributed by atoms with E-state index in [2.05, 4.69) is 52.0 Å². The molecule has 1 atom stereocenters. The van der Waals surface area contributed by atoms with Crippen LogP contribution in [-0.4, -0.2) is 49.1 Å². The van der Waals surface area contributed by atoms with Gasteiger partial charge in [0.1, 0.15) is 6.04 Å². The van der Waals surface area contributed by atoms with E-state index in [1.165, 1.54) is 5.56 Å². The zero-order chi connectivity index (χ0) is 13.3. The Balaban J connectivity index is 0. The summed E-state index contributed by atoms with van der Waals surface area (Å²) in [5, 5.41) is 15.2. The van der Waals surface area contributed by atoms with Gasteiger partial charge >= 0.3 is 0 Å². The van der Waals surface area contributed by atoms with Crippen molar-refractivity contribution < 1.29 is 27.1 Å². The van der Waals surface area contributed by atoms with Crippen molar-refractivity contribution in [3.05, 3.63) is 48.6 Å². The molecule has 3 nitrogen and oxygen atoms in total. The van der Waals surface area contributed by atoms with E-state index >= 15 is 0 Å². The summed E-state index contributed by atoms with van der Waals surface area (Å²) in [6, 6.07) is 10.9. The van der Waals surface area contributed by atoms with Crippen molar-refractivity contribution in [2.75, 3.05) is 34.4 Å². The molecule has 1 aromatic rings. The van der Waals surface area contributed by atoms with E-state index in [1.807, 2.05) is 12.1 Å². The first-order chi connectivity index (χ1) is 7.97. The van der Waals surface area contributed by atoms with Gasteiger partial charge in [-0.25, -0.2) is 0 Å². The predicted molar refractivity (Wildman–Crippen MR) is 71.6 cm³/mol. The van der Waals surface area contributed by atoms with E-state index in [0.29, 0.717) is 6.04 Å². The van der Waals surface area contributed by atoms with E-state index in [9.17, 15) is 0 Å². The first kappa shape index (κ1) is 19.5. The van der Waals surface area contributed by atoms with Crippen molar-refractivity contribution in [1.29, 1.82) is 0 Å². The van der Waals surface area contributed by atoms with Crippen LogP contribution in [0.15, 0.2) is 43.0 Å². The highest BCUT2D eigenvalue weighted by molar-refractivity contribution is 5.20. The Labute approximate surface area is 116 Å². The Morgan fingerprint density at radius 2 is 1.56 bits per heavy atom. The lowest BCUT2D eigenvalue weighted by atomic mass is 10.1. The summed E-state index contributed by atoms with van der Waals surface area (Å²) in [6.45, 7) is 3.64. The molecule has 1 rings (SSSR count). The fraction of sp³-hybridized carbons (Fsp3) is 0.429. The summed E-state index contributed by atoms with van der Waals surface area (Å²) in [5.74, 6) is 0. The third-order valence-electron chi connectivity index (χ3n) is 2.30. The highest BCUT2D eigenvalue weighted by atomic mass is 35.5. The summed E-state index contributed by atoms with van der Waals surface area (Å²) in [5.41, 5.74) is 1.32. The maximum atomic E-state index is 7.62. The lowest BCUT2D eigenvalue weighted by molar-refractivity contribution is -0.895. The Morgan fingerprint density at radius 3 is 1.83 bits per heavy atom. The van der Waals surface area contributed by atoms with Crippen LogP contribution in [0.5, 0.6) is 0 Å². The lowest BCUT2D eigenvalue weighted by Gasteiger charge is -2.32. The van der Waals surface area contributed by atoms with Crippen molar-refractivity contribution in [1.82, 2.24) is 0 Å². The fourth-order valence-corrected chi connectivity index (χ4v) is 1.55. The van der Waals surface area contributed by atoms with Crippen molar-refractivity contribution in [3.8, 4) is 0 Å². The SMILES string of the molecule is C=CC(c1ccccc1)[N+](C)(C)C.OCCO.[Cl-]. The highest BCUT2D eigenvalue weighted by Gasteiger charge is 2.21. The molecule has 0 radical (unpaired) electrons. The number of hydrogen-bond acceptors (Lipinski definition) is 2. The molecule has 18 heavy (non-hydrogen) atoms. The third kappa shape index (κ3) is 7.45. The van der Waals surface area contributed by atoms with E-state index in [-0.39, 0.29) is 25.6 Å². The number of hydrogen-bond donors (Lipinski definition) is 2. The zero-order valence-corrected chi connectivity index (χ0v) is 12.1. The first-order valence-corrected chi connectivity index (χ1v) is 5.67. The summed E-state index contributed by atoms with van der Waals surface area (Å²) < 4.78 is 0.882. The van der Waals surface area contributed by atoms with Crippen LogP contribution in [0, 0.1) is 0 Å². The van der Waals surface area contributed by atoms with Gasteiger partial charge in [-0.1, -0.05) is 36.9 Å². The molecule has 4 heteroatoms. The molecule has 0 aliphatic carbocycles. The second kappa shape index (κ2) is 10.1. The number of quaternary nitrogens is 1. The van der Waals surface area contributed by atoms with E-state index in [1.54, 1.807) is 0 Å². The van der Waals surface area contributed by atoms with E-state index in [4.69, 9.17) is 10.2 Å². The molecule has 0 fully saturated rings. The smallest absolute Gasteiger partial charge is 0.133 e. The second-order valence-electron chi connectivity index (χ2n) is 4.65. The second-order valence-corrected chi connectivity index (χ2v) is 4.65. The van der Waals surface area contributed by atoms with Gasteiger partial charge in [-0.3, -0.25) is 0 Å². The average molecular weight is 274 g/mol. The summed E-state index contributed by atoms with van der Waals surface area (Å²) in [7, 11) is 6.54. The molecule has 0 saturated heterocycles. The number of rotatable bonds is 4. The van der Waals surface area contributed by atoms with Gasteiger partial charge in [0.2, 0.25) is 0 Å². The third-order valence-corrected chi connectivity index (χ3v) is 2.30. The van der Waals surface area contributed by atoms with Gasteiger partial charge in [0.05, 0.1) is 34.4 Å². The van der Waals surface area contributed by atoms with Gasteiger partial charge < -0.3 is 27.1 Å². The van der Waals surface area contributed by atoms with Crippen molar-refractivity contribution in [2.45, 2.75) is 6.04 Å². The maximum absolute atomic E-state index is 7.62. The zero-order valence-electron chi connectivity index (χ0n) is 11.4. The Kier molecular flexibility index (Phi) is 10.9. The van der Waals surface area contributed by atoms with E-state index < -0.39 is 0 Å². The van der Waals surface area contributed by atoms with Gasteiger partial charge in [0.15, 0.2) is 0 Å².